The van der Waals surface area contributed by atoms with Gasteiger partial charge in [0.2, 0.25) is 0 Å². The predicted octanol–water partition coefficient (Wildman–Crippen LogP) is 1.95. The molecule has 1 unspecified atom stereocenters. The maximum atomic E-state index is 12.1. The molecule has 0 amide bonds. The molecule has 0 saturated heterocycles. The molecule has 0 radical (unpaired) electrons. The molecule has 12 heavy (non-hydrogen) atoms. The van der Waals surface area contributed by atoms with Gasteiger partial charge in [-0.2, -0.15) is 13.2 Å². The van der Waals surface area contributed by atoms with E-state index in [0.717, 1.165) is 0 Å². The van der Waals surface area contributed by atoms with Crippen molar-refractivity contribution < 1.29 is 27.1 Å². The molecule has 1 saturated carbocycles. The van der Waals surface area contributed by atoms with Gasteiger partial charge in [-0.3, -0.25) is 0 Å². The van der Waals surface area contributed by atoms with Crippen LogP contribution in [0.25, 0.3) is 0 Å². The molecule has 2 atom stereocenters. The van der Waals surface area contributed by atoms with E-state index in [0.29, 0.717) is 0 Å². The summed E-state index contributed by atoms with van der Waals surface area (Å²) in [6, 6.07) is 0. The summed E-state index contributed by atoms with van der Waals surface area (Å²) in [5, 5.41) is 8.37. The summed E-state index contributed by atoms with van der Waals surface area (Å²) in [7, 11) is 0. The molecule has 6 heteroatoms. The lowest BCUT2D eigenvalue weighted by Gasteiger charge is -2.13. The number of hydrogen-bond acceptors (Lipinski definition) is 1. The first-order valence-electron chi connectivity index (χ1n) is 3.36. The van der Waals surface area contributed by atoms with Crippen molar-refractivity contribution in [1.82, 2.24) is 0 Å². The Hall–Kier alpha value is -0.390. The van der Waals surface area contributed by atoms with Crippen molar-refractivity contribution in [3.05, 3.63) is 0 Å². The number of alkyl halides is 5. The van der Waals surface area contributed by atoms with E-state index in [4.69, 9.17) is 5.11 Å². The fourth-order valence-electron chi connectivity index (χ4n) is 0.928. The maximum absolute atomic E-state index is 12.1. The van der Waals surface area contributed by atoms with Gasteiger partial charge < -0.3 is 5.11 Å². The molecule has 0 aromatic carbocycles. The van der Waals surface area contributed by atoms with Crippen molar-refractivity contribution in [2.45, 2.75) is 31.0 Å². The number of aliphatic hydroxyl groups excluding tert-OH is 1. The minimum absolute atomic E-state index is 0.542. The Balaban J connectivity index is 2.34. The Morgan fingerprint density at radius 3 is 2.08 bits per heavy atom. The van der Waals surface area contributed by atoms with E-state index in [1.54, 1.807) is 0 Å². The van der Waals surface area contributed by atoms with E-state index in [9.17, 15) is 22.0 Å². The van der Waals surface area contributed by atoms with Crippen LogP contribution in [0.5, 0.6) is 0 Å². The van der Waals surface area contributed by atoms with Crippen LogP contribution in [0.15, 0.2) is 0 Å². The average molecular weight is 190 g/mol. The largest absolute Gasteiger partial charge is 0.414 e. The lowest BCUT2D eigenvalue weighted by Crippen LogP contribution is -2.29. The highest BCUT2D eigenvalue weighted by Crippen LogP contribution is 2.52. The molecular formula is C6H7F5O. The van der Waals surface area contributed by atoms with Crippen molar-refractivity contribution in [2.24, 2.45) is 5.92 Å². The van der Waals surface area contributed by atoms with Crippen molar-refractivity contribution >= 4 is 0 Å². The first kappa shape index (κ1) is 9.70. The lowest BCUT2D eigenvalue weighted by atomic mass is 10.2. The monoisotopic (exact) mass is 190 g/mol. The maximum Gasteiger partial charge on any atom is 0.414 e. The summed E-state index contributed by atoms with van der Waals surface area (Å²) in [6.07, 6.45) is -8.83. The van der Waals surface area contributed by atoms with Crippen LogP contribution in [-0.2, 0) is 0 Å². The number of aliphatic hydroxyl groups is 1. The van der Waals surface area contributed by atoms with E-state index < -0.39 is 37.0 Å². The van der Waals surface area contributed by atoms with Crippen molar-refractivity contribution in [3.63, 3.8) is 0 Å². The first-order chi connectivity index (χ1) is 5.23. The Labute approximate surface area is 65.2 Å². The van der Waals surface area contributed by atoms with Crippen molar-refractivity contribution in [3.8, 4) is 0 Å². The lowest BCUT2D eigenvalue weighted by molar-refractivity contribution is -0.207. The molecule has 1 nitrogen and oxygen atoms in total. The Bertz CT molecular complexity index is 175. The van der Waals surface area contributed by atoms with Gasteiger partial charge in [0.15, 0.2) is 0 Å². The minimum Gasteiger partial charge on any atom is -0.384 e. The Kier molecular flexibility index (Phi) is 2.06. The number of hydrogen-bond donors (Lipinski definition) is 1. The smallest absolute Gasteiger partial charge is 0.384 e. The molecule has 0 aromatic heterocycles. The number of rotatable bonds is 2. The normalized spacial score (nSPS) is 30.0. The summed E-state index contributed by atoms with van der Waals surface area (Å²) < 4.78 is 58.9. The van der Waals surface area contributed by atoms with E-state index >= 15 is 0 Å². The molecule has 72 valence electrons. The topological polar surface area (TPSA) is 20.2 Å². The molecule has 0 aliphatic heterocycles. The molecule has 0 heterocycles. The number of halogens is 5. The van der Waals surface area contributed by atoms with Crippen LogP contribution in [0.4, 0.5) is 22.0 Å². The quantitative estimate of drug-likeness (QED) is 0.660. The van der Waals surface area contributed by atoms with Gasteiger partial charge in [-0.15, -0.1) is 0 Å². The zero-order valence-electron chi connectivity index (χ0n) is 5.91. The van der Waals surface area contributed by atoms with E-state index in [1.165, 1.54) is 0 Å². The third-order valence-electron chi connectivity index (χ3n) is 1.84. The van der Waals surface area contributed by atoms with E-state index in [2.05, 4.69) is 0 Å². The molecule has 1 aliphatic carbocycles. The molecule has 0 spiro atoms. The highest BCUT2D eigenvalue weighted by molar-refractivity contribution is 4.96. The summed E-state index contributed by atoms with van der Waals surface area (Å²) >= 11 is 0. The van der Waals surface area contributed by atoms with Crippen LogP contribution in [0, 0.1) is 5.92 Å². The van der Waals surface area contributed by atoms with Crippen LogP contribution in [0.1, 0.15) is 12.8 Å². The highest BCUT2D eigenvalue weighted by Gasteiger charge is 2.59. The first-order valence-corrected chi connectivity index (χ1v) is 3.36. The van der Waals surface area contributed by atoms with Crippen LogP contribution in [0.3, 0.4) is 0 Å². The van der Waals surface area contributed by atoms with Crippen molar-refractivity contribution in [2.75, 3.05) is 0 Å². The standard InChI is InChI=1S/C6H7F5O/c7-5(8)2-3(5)1-4(12)6(9,10)11/h3-4,12H,1-2H2/t3?,4-/m0/s1. The second kappa shape index (κ2) is 2.55. The van der Waals surface area contributed by atoms with Gasteiger partial charge in [0.05, 0.1) is 0 Å². The second-order valence-corrected chi connectivity index (χ2v) is 2.96. The highest BCUT2D eigenvalue weighted by atomic mass is 19.4. The van der Waals surface area contributed by atoms with Gasteiger partial charge in [0.25, 0.3) is 5.92 Å². The molecule has 0 aromatic rings. The molecule has 1 rings (SSSR count). The summed E-state index contributed by atoms with van der Waals surface area (Å²) in [5.41, 5.74) is 0. The SMILES string of the molecule is O[C@@H](CC1CC1(F)F)C(F)(F)F. The van der Waals surface area contributed by atoms with E-state index in [-0.39, 0.29) is 0 Å². The fraction of sp³-hybridized carbons (Fsp3) is 1.00. The van der Waals surface area contributed by atoms with Gasteiger partial charge in [-0.05, 0) is 6.42 Å². The zero-order chi connectivity index (χ0) is 9.57. The molecule has 1 N–H and O–H groups in total. The average Bonchev–Trinajstić information content (AvgIpc) is 2.36. The van der Waals surface area contributed by atoms with Gasteiger partial charge in [-0.1, -0.05) is 0 Å². The molecule has 1 aliphatic rings. The van der Waals surface area contributed by atoms with Gasteiger partial charge in [-0.25, -0.2) is 8.78 Å². The molecule has 1 fully saturated rings. The van der Waals surface area contributed by atoms with Gasteiger partial charge >= 0.3 is 6.18 Å². The summed E-state index contributed by atoms with van der Waals surface area (Å²) in [6.45, 7) is 0. The molecule has 0 bridgehead atoms. The van der Waals surface area contributed by atoms with Gasteiger partial charge in [0, 0.05) is 12.3 Å². The third-order valence-corrected chi connectivity index (χ3v) is 1.84. The van der Waals surface area contributed by atoms with Crippen LogP contribution in [-0.4, -0.2) is 23.3 Å². The predicted molar refractivity (Wildman–Crippen MR) is 29.7 cm³/mol. The molecular weight excluding hydrogens is 183 g/mol. The van der Waals surface area contributed by atoms with Crippen LogP contribution >= 0.6 is 0 Å². The summed E-state index contributed by atoms with van der Waals surface area (Å²) in [4.78, 5) is 0. The van der Waals surface area contributed by atoms with Gasteiger partial charge in [0.1, 0.15) is 6.10 Å². The summed E-state index contributed by atoms with van der Waals surface area (Å²) in [5.74, 6) is -4.29. The minimum atomic E-state index is -4.78. The Morgan fingerprint density at radius 1 is 1.42 bits per heavy atom. The third kappa shape index (κ3) is 2.06. The van der Waals surface area contributed by atoms with E-state index in [1.807, 2.05) is 0 Å². The zero-order valence-corrected chi connectivity index (χ0v) is 5.91. The Morgan fingerprint density at radius 2 is 1.83 bits per heavy atom. The van der Waals surface area contributed by atoms with Crippen LogP contribution < -0.4 is 0 Å². The fourth-order valence-corrected chi connectivity index (χ4v) is 0.928. The second-order valence-electron chi connectivity index (χ2n) is 2.96. The van der Waals surface area contributed by atoms with Crippen molar-refractivity contribution in [1.29, 1.82) is 0 Å². The van der Waals surface area contributed by atoms with Crippen LogP contribution in [0.2, 0.25) is 0 Å².